The first-order valence-electron chi connectivity index (χ1n) is 10.4. The number of nitrogens with one attached hydrogen (secondary N) is 2. The van der Waals surface area contributed by atoms with Crippen LogP contribution in [0.2, 0.25) is 0 Å². The summed E-state index contributed by atoms with van der Waals surface area (Å²) in [6, 6.07) is 12.5. The molecule has 2 amide bonds. The normalized spacial score (nSPS) is 11.6. The number of nitrogens with zero attached hydrogens (tertiary/aromatic N) is 3. The lowest BCUT2D eigenvalue weighted by Crippen LogP contribution is -2.30. The predicted octanol–water partition coefficient (Wildman–Crippen LogP) is 3.60. The molecule has 3 rings (SSSR count). The van der Waals surface area contributed by atoms with Gasteiger partial charge in [0.05, 0.1) is 25.3 Å². The molecular formula is C23H26FN5O3S. The topological polar surface area (TPSA) is 98.1 Å². The van der Waals surface area contributed by atoms with Gasteiger partial charge in [0.1, 0.15) is 11.6 Å². The van der Waals surface area contributed by atoms with Gasteiger partial charge in [-0.25, -0.2) is 4.39 Å². The van der Waals surface area contributed by atoms with Crippen molar-refractivity contribution in [2.75, 3.05) is 18.2 Å². The molecule has 1 unspecified atom stereocenters. The van der Waals surface area contributed by atoms with Crippen molar-refractivity contribution in [2.45, 2.75) is 38.0 Å². The van der Waals surface area contributed by atoms with E-state index < -0.39 is 0 Å². The van der Waals surface area contributed by atoms with Crippen LogP contribution in [0.5, 0.6) is 5.75 Å². The molecule has 0 aliphatic rings. The first kappa shape index (κ1) is 24.2. The molecular weight excluding hydrogens is 445 g/mol. The summed E-state index contributed by atoms with van der Waals surface area (Å²) >= 11 is 1.24. The number of carbonyl (C=O) groups excluding carboxylic acids is 2. The Hall–Kier alpha value is -3.40. The maximum absolute atomic E-state index is 13.0. The van der Waals surface area contributed by atoms with E-state index in [0.29, 0.717) is 23.2 Å². The molecule has 2 aromatic carbocycles. The number of hydrogen-bond donors (Lipinski definition) is 2. The van der Waals surface area contributed by atoms with Gasteiger partial charge >= 0.3 is 0 Å². The monoisotopic (exact) mass is 471 g/mol. The maximum atomic E-state index is 13.0. The number of benzene rings is 2. The molecule has 174 valence electrons. The fourth-order valence-electron chi connectivity index (χ4n) is 3.17. The van der Waals surface area contributed by atoms with Gasteiger partial charge in [-0.1, -0.05) is 23.9 Å². The average molecular weight is 472 g/mol. The highest BCUT2D eigenvalue weighted by molar-refractivity contribution is 7.99. The Morgan fingerprint density at radius 2 is 1.79 bits per heavy atom. The van der Waals surface area contributed by atoms with Crippen molar-refractivity contribution < 1.29 is 18.7 Å². The van der Waals surface area contributed by atoms with Crippen LogP contribution in [-0.4, -0.2) is 39.4 Å². The van der Waals surface area contributed by atoms with Crippen LogP contribution in [-0.2, 0) is 22.6 Å². The van der Waals surface area contributed by atoms with Gasteiger partial charge in [0.2, 0.25) is 11.8 Å². The van der Waals surface area contributed by atoms with E-state index >= 15 is 0 Å². The van der Waals surface area contributed by atoms with Gasteiger partial charge in [-0.3, -0.25) is 9.59 Å². The molecule has 10 heteroatoms. The molecule has 0 radical (unpaired) electrons. The Balaban J connectivity index is 1.56. The van der Waals surface area contributed by atoms with E-state index in [2.05, 4.69) is 20.8 Å². The van der Waals surface area contributed by atoms with Crippen LogP contribution in [0.1, 0.15) is 31.3 Å². The Morgan fingerprint density at radius 3 is 2.42 bits per heavy atom. The van der Waals surface area contributed by atoms with Crippen LogP contribution in [0.3, 0.4) is 0 Å². The molecule has 33 heavy (non-hydrogen) atoms. The third-order valence-corrected chi connectivity index (χ3v) is 5.78. The van der Waals surface area contributed by atoms with Crippen LogP contribution in [0, 0.1) is 5.82 Å². The summed E-state index contributed by atoms with van der Waals surface area (Å²) < 4.78 is 20.0. The summed E-state index contributed by atoms with van der Waals surface area (Å²) in [5, 5.41) is 14.7. The molecule has 0 aliphatic carbocycles. The summed E-state index contributed by atoms with van der Waals surface area (Å²) in [5.41, 5.74) is 1.40. The molecule has 0 bridgehead atoms. The Bertz CT molecular complexity index is 1090. The number of carbonyl (C=O) groups is 2. The van der Waals surface area contributed by atoms with E-state index in [1.54, 1.807) is 7.11 Å². The molecule has 0 aliphatic heterocycles. The lowest BCUT2D eigenvalue weighted by molar-refractivity contribution is -0.121. The van der Waals surface area contributed by atoms with Crippen molar-refractivity contribution in [1.82, 2.24) is 20.1 Å². The largest absolute Gasteiger partial charge is 0.497 e. The first-order chi connectivity index (χ1) is 15.9. The number of methoxy groups -OCH3 is 1. The second kappa shape index (κ2) is 11.5. The van der Waals surface area contributed by atoms with Gasteiger partial charge in [0.25, 0.3) is 0 Å². The molecule has 1 atom stereocenters. The van der Waals surface area contributed by atoms with Crippen LogP contribution in [0.4, 0.5) is 10.1 Å². The fourth-order valence-corrected chi connectivity index (χ4v) is 3.98. The van der Waals surface area contributed by atoms with Gasteiger partial charge in [0, 0.05) is 12.2 Å². The summed E-state index contributed by atoms with van der Waals surface area (Å²) in [6.07, 6.45) is 0.236. The highest BCUT2D eigenvalue weighted by Crippen LogP contribution is 2.21. The molecule has 8 nitrogen and oxygen atoms in total. The number of hydrogen-bond acceptors (Lipinski definition) is 6. The van der Waals surface area contributed by atoms with Crippen molar-refractivity contribution in [2.24, 2.45) is 0 Å². The maximum Gasteiger partial charge on any atom is 0.234 e. The van der Waals surface area contributed by atoms with E-state index in [1.807, 2.05) is 42.7 Å². The van der Waals surface area contributed by atoms with Crippen molar-refractivity contribution >= 4 is 29.3 Å². The highest BCUT2D eigenvalue weighted by Gasteiger charge is 2.20. The SMILES string of the molecule is CCn1c(SCC(=O)Nc2ccc(F)cc2)nnc1C(C)NC(=O)Cc1ccc(OC)cc1. The lowest BCUT2D eigenvalue weighted by Gasteiger charge is -2.15. The quantitative estimate of drug-likeness (QED) is 0.439. The number of ether oxygens (including phenoxy) is 1. The number of amides is 2. The Kier molecular flexibility index (Phi) is 8.42. The van der Waals surface area contributed by atoms with Gasteiger partial charge in [-0.05, 0) is 55.8 Å². The second-order valence-electron chi connectivity index (χ2n) is 7.24. The number of rotatable bonds is 10. The lowest BCUT2D eigenvalue weighted by atomic mass is 10.1. The molecule has 2 N–H and O–H groups in total. The Labute approximate surface area is 195 Å². The van der Waals surface area contributed by atoms with Gasteiger partial charge in [-0.2, -0.15) is 0 Å². The number of thioether (sulfide) groups is 1. The smallest absolute Gasteiger partial charge is 0.234 e. The molecule has 0 saturated heterocycles. The standard InChI is InChI=1S/C23H26FN5O3S/c1-4-29-22(15(2)25-20(30)13-16-5-11-19(32-3)12-6-16)27-28-23(29)33-14-21(31)26-18-9-7-17(24)8-10-18/h5-12,15H,4,13-14H2,1-3H3,(H,25,30)(H,26,31). The number of anilines is 1. The van der Waals surface area contributed by atoms with E-state index in [1.165, 1.54) is 36.0 Å². The van der Waals surface area contributed by atoms with E-state index in [0.717, 1.165) is 11.3 Å². The van der Waals surface area contributed by atoms with E-state index in [-0.39, 0.29) is 35.8 Å². The molecule has 3 aromatic rings. The molecule has 0 spiro atoms. The average Bonchev–Trinajstić information content (AvgIpc) is 3.23. The Morgan fingerprint density at radius 1 is 1.09 bits per heavy atom. The number of aromatic nitrogens is 3. The van der Waals surface area contributed by atoms with Crippen LogP contribution in [0.25, 0.3) is 0 Å². The zero-order valence-electron chi connectivity index (χ0n) is 18.7. The first-order valence-corrected chi connectivity index (χ1v) is 11.4. The van der Waals surface area contributed by atoms with Crippen molar-refractivity contribution in [3.8, 4) is 5.75 Å². The molecule has 0 saturated carbocycles. The second-order valence-corrected chi connectivity index (χ2v) is 8.19. The molecule has 1 heterocycles. The summed E-state index contributed by atoms with van der Waals surface area (Å²) in [6.45, 7) is 4.38. The van der Waals surface area contributed by atoms with Gasteiger partial charge in [0.15, 0.2) is 11.0 Å². The predicted molar refractivity (Wildman–Crippen MR) is 125 cm³/mol. The number of halogens is 1. The molecule has 0 fully saturated rings. The minimum atomic E-state index is -0.365. The van der Waals surface area contributed by atoms with Gasteiger partial charge in [-0.15, -0.1) is 10.2 Å². The van der Waals surface area contributed by atoms with Crippen LogP contribution in [0.15, 0.2) is 53.7 Å². The van der Waals surface area contributed by atoms with Crippen LogP contribution >= 0.6 is 11.8 Å². The minimum absolute atomic E-state index is 0.119. The van der Waals surface area contributed by atoms with Crippen molar-refractivity contribution in [1.29, 1.82) is 0 Å². The van der Waals surface area contributed by atoms with Crippen LogP contribution < -0.4 is 15.4 Å². The minimum Gasteiger partial charge on any atom is -0.497 e. The van der Waals surface area contributed by atoms with Crippen molar-refractivity contribution in [3.63, 3.8) is 0 Å². The van der Waals surface area contributed by atoms with Crippen molar-refractivity contribution in [3.05, 3.63) is 65.7 Å². The fraction of sp³-hybridized carbons (Fsp3) is 0.304. The summed E-state index contributed by atoms with van der Waals surface area (Å²) in [4.78, 5) is 24.7. The third-order valence-electron chi connectivity index (χ3n) is 4.81. The zero-order chi connectivity index (χ0) is 23.8. The van der Waals surface area contributed by atoms with Gasteiger partial charge < -0.3 is 19.9 Å². The zero-order valence-corrected chi connectivity index (χ0v) is 19.5. The molecule has 1 aromatic heterocycles. The van der Waals surface area contributed by atoms with E-state index in [4.69, 9.17) is 4.74 Å². The summed E-state index contributed by atoms with van der Waals surface area (Å²) in [7, 11) is 1.60. The summed E-state index contributed by atoms with van der Waals surface area (Å²) in [5.74, 6) is 0.734. The highest BCUT2D eigenvalue weighted by atomic mass is 32.2. The van der Waals surface area contributed by atoms with E-state index in [9.17, 15) is 14.0 Å². The third kappa shape index (κ3) is 6.79.